The maximum atomic E-state index is 13.4. The summed E-state index contributed by atoms with van der Waals surface area (Å²) in [6.07, 6.45) is 0. The normalized spacial score (nSPS) is 10.5. The fourth-order valence-corrected chi connectivity index (χ4v) is 3.59. The first-order valence-electron chi connectivity index (χ1n) is 9.46. The molecule has 3 aromatic carbocycles. The lowest BCUT2D eigenvalue weighted by atomic mass is 10.0. The summed E-state index contributed by atoms with van der Waals surface area (Å²) in [5.41, 5.74) is 1.80. The Morgan fingerprint density at radius 2 is 1.55 bits per heavy atom. The van der Waals surface area contributed by atoms with Crippen LogP contribution >= 0.6 is 15.9 Å². The van der Waals surface area contributed by atoms with Crippen LogP contribution in [0.2, 0.25) is 0 Å². The van der Waals surface area contributed by atoms with Gasteiger partial charge in [0.05, 0.1) is 24.3 Å². The van der Waals surface area contributed by atoms with Crippen molar-refractivity contribution in [1.29, 1.82) is 0 Å². The minimum Gasteiger partial charge on any atom is -0.496 e. The minimum absolute atomic E-state index is 0.0126. The molecule has 0 saturated heterocycles. The van der Waals surface area contributed by atoms with Crippen LogP contribution in [-0.2, 0) is 11.3 Å². The van der Waals surface area contributed by atoms with E-state index < -0.39 is 0 Å². The van der Waals surface area contributed by atoms with Gasteiger partial charge in [0, 0.05) is 12.7 Å². The van der Waals surface area contributed by atoms with E-state index in [1.807, 2.05) is 30.3 Å². The van der Waals surface area contributed by atoms with Gasteiger partial charge in [0.2, 0.25) is 0 Å². The molecule has 0 N–H and O–H groups in total. The SMILES string of the molecule is COCOc1c(OC)ccc(C(=O)c2cc(OCc3ccccc3)ccc2OC)c1Br. The molecule has 0 saturated carbocycles. The second-order valence-electron chi connectivity index (χ2n) is 6.47. The standard InChI is InChI=1S/C24H23BrO6/c1-27-15-31-24-21(29-3)12-10-18(22(24)25)23(26)19-13-17(9-11-20(19)28-2)30-14-16-7-5-4-6-8-16/h4-13H,14-15H2,1-3H3. The van der Waals surface area contributed by atoms with Crippen LogP contribution in [0.4, 0.5) is 0 Å². The highest BCUT2D eigenvalue weighted by Gasteiger charge is 2.22. The molecule has 162 valence electrons. The number of hydrogen-bond acceptors (Lipinski definition) is 6. The van der Waals surface area contributed by atoms with Crippen molar-refractivity contribution in [3.8, 4) is 23.0 Å². The second kappa shape index (κ2) is 10.8. The Morgan fingerprint density at radius 1 is 0.839 bits per heavy atom. The lowest BCUT2D eigenvalue weighted by molar-refractivity contribution is 0.0485. The number of methoxy groups -OCH3 is 3. The van der Waals surface area contributed by atoms with Gasteiger partial charge in [-0.15, -0.1) is 0 Å². The predicted octanol–water partition coefficient (Wildman–Crippen LogP) is 5.26. The van der Waals surface area contributed by atoms with Gasteiger partial charge in [-0.25, -0.2) is 0 Å². The number of ketones is 1. The largest absolute Gasteiger partial charge is 0.496 e. The lowest BCUT2D eigenvalue weighted by Gasteiger charge is -2.16. The monoisotopic (exact) mass is 486 g/mol. The van der Waals surface area contributed by atoms with E-state index in [9.17, 15) is 4.79 Å². The van der Waals surface area contributed by atoms with Crippen LogP contribution in [0.5, 0.6) is 23.0 Å². The topological polar surface area (TPSA) is 63.2 Å². The van der Waals surface area contributed by atoms with Crippen molar-refractivity contribution >= 4 is 21.7 Å². The predicted molar refractivity (Wildman–Crippen MR) is 120 cm³/mol. The van der Waals surface area contributed by atoms with Gasteiger partial charge < -0.3 is 23.7 Å². The van der Waals surface area contributed by atoms with Crippen molar-refractivity contribution in [2.75, 3.05) is 28.1 Å². The molecule has 0 aliphatic rings. The summed E-state index contributed by atoms with van der Waals surface area (Å²) in [7, 11) is 4.56. The van der Waals surface area contributed by atoms with E-state index in [0.29, 0.717) is 45.2 Å². The van der Waals surface area contributed by atoms with E-state index in [2.05, 4.69) is 15.9 Å². The molecule has 0 aliphatic carbocycles. The Kier molecular flexibility index (Phi) is 7.92. The molecule has 0 radical (unpaired) electrons. The molecule has 31 heavy (non-hydrogen) atoms. The van der Waals surface area contributed by atoms with Crippen LogP contribution < -0.4 is 18.9 Å². The highest BCUT2D eigenvalue weighted by molar-refractivity contribution is 9.10. The number of ether oxygens (including phenoxy) is 5. The van der Waals surface area contributed by atoms with Crippen molar-refractivity contribution in [2.24, 2.45) is 0 Å². The highest BCUT2D eigenvalue weighted by Crippen LogP contribution is 2.39. The fourth-order valence-electron chi connectivity index (χ4n) is 2.97. The van der Waals surface area contributed by atoms with E-state index in [0.717, 1.165) is 5.56 Å². The lowest BCUT2D eigenvalue weighted by Crippen LogP contribution is -2.08. The summed E-state index contributed by atoms with van der Waals surface area (Å²) >= 11 is 3.47. The zero-order valence-electron chi connectivity index (χ0n) is 17.5. The van der Waals surface area contributed by atoms with Gasteiger partial charge in [-0.3, -0.25) is 4.79 Å². The third-order valence-corrected chi connectivity index (χ3v) is 5.30. The summed E-state index contributed by atoms with van der Waals surface area (Å²) in [6, 6.07) is 18.3. The summed E-state index contributed by atoms with van der Waals surface area (Å²) < 4.78 is 27.7. The van der Waals surface area contributed by atoms with E-state index in [1.165, 1.54) is 21.3 Å². The van der Waals surface area contributed by atoms with Crippen molar-refractivity contribution in [1.82, 2.24) is 0 Å². The summed E-state index contributed by atoms with van der Waals surface area (Å²) in [4.78, 5) is 13.4. The maximum absolute atomic E-state index is 13.4. The average molecular weight is 487 g/mol. The zero-order valence-corrected chi connectivity index (χ0v) is 19.1. The molecule has 0 unspecified atom stereocenters. The zero-order chi connectivity index (χ0) is 22.2. The van der Waals surface area contributed by atoms with Crippen LogP contribution in [0.1, 0.15) is 21.5 Å². The Balaban J connectivity index is 1.93. The first-order chi connectivity index (χ1) is 15.1. The molecule has 3 rings (SSSR count). The van der Waals surface area contributed by atoms with Crippen molar-refractivity contribution in [3.63, 3.8) is 0 Å². The fraction of sp³-hybridized carbons (Fsp3) is 0.208. The molecule has 0 spiro atoms. The van der Waals surface area contributed by atoms with Crippen LogP contribution in [0.3, 0.4) is 0 Å². The van der Waals surface area contributed by atoms with Crippen molar-refractivity contribution in [3.05, 3.63) is 81.8 Å². The van der Waals surface area contributed by atoms with Crippen LogP contribution in [0, 0.1) is 0 Å². The van der Waals surface area contributed by atoms with Gasteiger partial charge in [0.25, 0.3) is 0 Å². The number of rotatable bonds is 10. The molecule has 3 aromatic rings. The molecular weight excluding hydrogens is 464 g/mol. The number of carbonyl (C=O) groups is 1. The maximum Gasteiger partial charge on any atom is 0.198 e. The first-order valence-corrected chi connectivity index (χ1v) is 10.3. The molecule has 0 amide bonds. The number of carbonyl (C=O) groups excluding carboxylic acids is 1. The van der Waals surface area contributed by atoms with Gasteiger partial charge in [-0.1, -0.05) is 30.3 Å². The molecule has 7 heteroatoms. The van der Waals surface area contributed by atoms with Gasteiger partial charge in [-0.2, -0.15) is 0 Å². The van der Waals surface area contributed by atoms with E-state index >= 15 is 0 Å². The van der Waals surface area contributed by atoms with Crippen LogP contribution in [0.15, 0.2) is 65.1 Å². The number of benzene rings is 3. The second-order valence-corrected chi connectivity index (χ2v) is 7.27. The Morgan fingerprint density at radius 3 is 2.23 bits per heavy atom. The summed E-state index contributed by atoms with van der Waals surface area (Å²) in [5.74, 6) is 1.62. The van der Waals surface area contributed by atoms with Crippen molar-refractivity contribution < 1.29 is 28.5 Å². The minimum atomic E-state index is -0.251. The molecular formula is C24H23BrO6. The van der Waals surface area contributed by atoms with Crippen molar-refractivity contribution in [2.45, 2.75) is 6.61 Å². The van der Waals surface area contributed by atoms with Gasteiger partial charge in [0.1, 0.15) is 18.1 Å². The molecule has 0 aromatic heterocycles. The molecule has 0 heterocycles. The highest BCUT2D eigenvalue weighted by atomic mass is 79.9. The third kappa shape index (κ3) is 5.37. The molecule has 0 bridgehead atoms. The third-order valence-electron chi connectivity index (χ3n) is 4.51. The van der Waals surface area contributed by atoms with E-state index in [-0.39, 0.29) is 12.6 Å². The average Bonchev–Trinajstić information content (AvgIpc) is 2.81. The number of halogens is 1. The van der Waals surface area contributed by atoms with E-state index in [1.54, 1.807) is 30.3 Å². The van der Waals surface area contributed by atoms with Crippen LogP contribution in [0.25, 0.3) is 0 Å². The van der Waals surface area contributed by atoms with Gasteiger partial charge in [-0.05, 0) is 51.8 Å². The Bertz CT molecular complexity index is 1040. The molecule has 6 nitrogen and oxygen atoms in total. The summed E-state index contributed by atoms with van der Waals surface area (Å²) in [6.45, 7) is 0.404. The van der Waals surface area contributed by atoms with Gasteiger partial charge >= 0.3 is 0 Å². The number of hydrogen-bond donors (Lipinski definition) is 0. The summed E-state index contributed by atoms with van der Waals surface area (Å²) in [5, 5.41) is 0. The quantitative estimate of drug-likeness (QED) is 0.287. The Labute approximate surface area is 189 Å². The molecule has 0 fully saturated rings. The smallest absolute Gasteiger partial charge is 0.198 e. The first kappa shape index (κ1) is 22.7. The van der Waals surface area contributed by atoms with Gasteiger partial charge in [0.15, 0.2) is 24.1 Å². The van der Waals surface area contributed by atoms with Crippen LogP contribution in [-0.4, -0.2) is 33.9 Å². The molecule has 0 aliphatic heterocycles. The van der Waals surface area contributed by atoms with E-state index in [4.69, 9.17) is 23.7 Å². The molecule has 0 atom stereocenters. The Hall–Kier alpha value is -3.03.